The second-order valence-corrected chi connectivity index (χ2v) is 28.1. The molecule has 0 saturated carbocycles. The van der Waals surface area contributed by atoms with E-state index >= 15 is 0 Å². The molecule has 0 aliphatic carbocycles. The lowest BCUT2D eigenvalue weighted by molar-refractivity contribution is -0.149. The molecule has 1 aromatic rings. The third kappa shape index (κ3) is 24.1. The highest BCUT2D eigenvalue weighted by Crippen LogP contribution is 2.32. The standard InChI is InChI=1S/C67H109N9O15S/c1-16-43(10)60(51(90-14)36-54(80)75-32-24-28-48(75)61(91-15)44(11)49(77)35-47(66(87)88)33-45-25-19-17-20-26-45)74(13)65(86)58(40(4)5)72-63(84)59(41(6)7)73(12)56(82)38-70-62(83)46(27-23-30-69-67(68)89)34-50(78)57(39(2)3)71-53(79)29-21-18-22-31-76-55(81)37-52(64(76)85)92-42(8)9/h17,19-20,25-26,39-44,46-48,51-52,57-61H,16,18,21-24,27-38H2,1-15H3,(H,70,83)(H,71,79)(H,72,84)(H,87,88)(H3,68,69,89)/t43-,44-,46+,47+,48?,51+,52?,57-,58-,59-,60?,61+/m0/s1. The number of Topliss-reactive ketones (excluding diaryl/α,β-unsaturated/α-hetero) is 2. The van der Waals surface area contributed by atoms with Gasteiger partial charge in [0.15, 0.2) is 5.78 Å². The molecule has 518 valence electrons. The number of nitrogens with one attached hydrogen (secondary N) is 4. The molecular formula is C67H109N9O15S. The number of nitrogens with two attached hydrogens (primary N) is 1. The van der Waals surface area contributed by atoms with Crippen LogP contribution in [0.5, 0.6) is 0 Å². The Bertz CT molecular complexity index is 2640. The third-order valence-corrected chi connectivity index (χ3v) is 19.2. The first-order chi connectivity index (χ1) is 43.3. The number of carbonyl (C=O) groups excluding carboxylic acids is 11. The molecule has 0 aromatic heterocycles. The van der Waals surface area contributed by atoms with Crippen LogP contribution in [0.3, 0.4) is 0 Å². The van der Waals surface area contributed by atoms with Crippen LogP contribution in [0.2, 0.25) is 0 Å². The number of likely N-dealkylation sites (N-methyl/N-ethyl adjacent to an activating group) is 2. The Morgan fingerprint density at radius 3 is 1.96 bits per heavy atom. The lowest BCUT2D eigenvalue weighted by Crippen LogP contribution is -2.60. The molecule has 2 fully saturated rings. The number of carboxylic acid groups (broad SMARTS) is 1. The molecule has 1 aromatic carbocycles. The van der Waals surface area contributed by atoms with Gasteiger partial charge in [0, 0.05) is 85.5 Å². The van der Waals surface area contributed by atoms with Gasteiger partial charge in [-0.1, -0.05) is 119 Å². The molecule has 2 heterocycles. The number of benzene rings is 1. The van der Waals surface area contributed by atoms with Gasteiger partial charge in [0.25, 0.3) is 0 Å². The van der Waals surface area contributed by atoms with Gasteiger partial charge in [-0.3, -0.25) is 57.6 Å². The largest absolute Gasteiger partial charge is 0.481 e. The summed E-state index contributed by atoms with van der Waals surface area (Å²) in [7, 11) is 5.98. The van der Waals surface area contributed by atoms with Crippen molar-refractivity contribution >= 4 is 82.6 Å². The zero-order chi connectivity index (χ0) is 69.3. The van der Waals surface area contributed by atoms with E-state index in [4.69, 9.17) is 15.2 Å². The lowest BCUT2D eigenvalue weighted by atomic mass is 9.85. The number of urea groups is 1. The maximum absolute atomic E-state index is 14.9. The van der Waals surface area contributed by atoms with Crippen LogP contribution in [0.4, 0.5) is 4.79 Å². The summed E-state index contributed by atoms with van der Waals surface area (Å²) in [6.45, 7) is 20.3. The smallest absolute Gasteiger partial charge is 0.312 e. The summed E-state index contributed by atoms with van der Waals surface area (Å²) in [5, 5.41) is 20.8. The van der Waals surface area contributed by atoms with E-state index in [-0.39, 0.29) is 116 Å². The van der Waals surface area contributed by atoms with Gasteiger partial charge in [-0.2, -0.15) is 0 Å². The summed E-state index contributed by atoms with van der Waals surface area (Å²) >= 11 is 1.47. The molecule has 3 unspecified atom stereocenters. The van der Waals surface area contributed by atoms with Gasteiger partial charge in [-0.05, 0) is 79.4 Å². The van der Waals surface area contributed by atoms with E-state index in [0.717, 1.165) is 5.56 Å². The topological polar surface area (TPSA) is 331 Å². The Morgan fingerprint density at radius 2 is 1.39 bits per heavy atom. The Labute approximate surface area is 549 Å². The number of primary amides is 1. The number of ketones is 2. The summed E-state index contributed by atoms with van der Waals surface area (Å²) in [5.74, 6) is -9.42. The quantitative estimate of drug-likeness (QED) is 0.0345. The van der Waals surface area contributed by atoms with Crippen LogP contribution in [0, 0.1) is 41.4 Å². The van der Waals surface area contributed by atoms with Crippen LogP contribution in [-0.4, -0.2) is 203 Å². The molecule has 0 radical (unpaired) electrons. The minimum atomic E-state index is -1.13. The Kier molecular flexibility index (Phi) is 34.1. The molecule has 25 heteroatoms. The fourth-order valence-electron chi connectivity index (χ4n) is 12.6. The molecule has 24 nitrogen and oxygen atoms in total. The number of methoxy groups -OCH3 is 2. The number of amides is 10. The second-order valence-electron chi connectivity index (χ2n) is 26.3. The summed E-state index contributed by atoms with van der Waals surface area (Å²) < 4.78 is 12.0. The van der Waals surface area contributed by atoms with Crippen LogP contribution >= 0.6 is 11.8 Å². The number of rotatable bonds is 42. The molecular weight excluding hydrogens is 1200 g/mol. The van der Waals surface area contributed by atoms with Gasteiger partial charge in [0.05, 0.1) is 54.5 Å². The first kappa shape index (κ1) is 79.8. The Hall–Kier alpha value is -6.47. The number of aliphatic carboxylic acids is 1. The van der Waals surface area contributed by atoms with Crippen molar-refractivity contribution < 1.29 is 72.1 Å². The van der Waals surface area contributed by atoms with Crippen molar-refractivity contribution in [2.24, 2.45) is 47.2 Å². The SMILES string of the molecule is CC[C@H](C)C([C@@H](CC(=O)N1CCCC1[C@H](OC)[C@@H](C)C(=O)C[C@@H](Cc1ccccc1)C(=O)O)OC)N(C)C(=O)[C@@H](NC(=O)[C@H](C(C)C)N(C)C(=O)CNC(=O)[C@H](CCCNC(N)=O)CC(=O)[C@@H](NC(=O)CCCCCN1C(=O)CC(SC(C)C)C1=O)C(C)C)C(C)C. The normalized spacial score (nSPS) is 18.3. The molecule has 2 saturated heterocycles. The van der Waals surface area contributed by atoms with Crippen LogP contribution in [0.25, 0.3) is 0 Å². The van der Waals surface area contributed by atoms with Gasteiger partial charge in [0.2, 0.25) is 47.3 Å². The van der Waals surface area contributed by atoms with Gasteiger partial charge in [-0.15, -0.1) is 11.8 Å². The van der Waals surface area contributed by atoms with Crippen LogP contribution < -0.4 is 27.0 Å². The van der Waals surface area contributed by atoms with Crippen molar-refractivity contribution in [2.75, 3.05) is 54.5 Å². The van der Waals surface area contributed by atoms with E-state index in [0.29, 0.717) is 45.1 Å². The fourth-order valence-corrected chi connectivity index (χ4v) is 13.7. The van der Waals surface area contributed by atoms with Crippen LogP contribution in [0.15, 0.2) is 30.3 Å². The maximum Gasteiger partial charge on any atom is 0.312 e. The van der Waals surface area contributed by atoms with E-state index in [1.54, 1.807) is 60.4 Å². The number of hydrogen-bond donors (Lipinski definition) is 6. The molecule has 0 spiro atoms. The van der Waals surface area contributed by atoms with Crippen molar-refractivity contribution in [1.82, 2.24) is 40.9 Å². The molecule has 2 aliphatic rings. The number of carboxylic acids is 1. The van der Waals surface area contributed by atoms with Gasteiger partial charge >= 0.3 is 12.0 Å². The average molecular weight is 1310 g/mol. The van der Waals surface area contributed by atoms with Crippen molar-refractivity contribution in [3.05, 3.63) is 35.9 Å². The number of nitrogens with zero attached hydrogens (tertiary/aromatic N) is 4. The monoisotopic (exact) mass is 1310 g/mol. The first-order valence-corrected chi connectivity index (χ1v) is 33.9. The summed E-state index contributed by atoms with van der Waals surface area (Å²) in [6, 6.07) is 3.98. The van der Waals surface area contributed by atoms with E-state index in [1.165, 1.54) is 47.7 Å². The molecule has 2 aliphatic heterocycles. The minimum absolute atomic E-state index is 0.0866. The zero-order valence-corrected chi connectivity index (χ0v) is 58.1. The molecule has 10 amide bonds. The minimum Gasteiger partial charge on any atom is -0.481 e. The molecule has 3 rings (SSSR count). The number of thioether (sulfide) groups is 1. The highest BCUT2D eigenvalue weighted by atomic mass is 32.2. The summed E-state index contributed by atoms with van der Waals surface area (Å²) in [6.07, 6.45) is 1.89. The van der Waals surface area contributed by atoms with Crippen LogP contribution in [0.1, 0.15) is 165 Å². The van der Waals surface area contributed by atoms with Crippen molar-refractivity contribution in [3.8, 4) is 0 Å². The van der Waals surface area contributed by atoms with Crippen molar-refractivity contribution in [2.45, 2.75) is 219 Å². The maximum atomic E-state index is 14.9. The van der Waals surface area contributed by atoms with Gasteiger partial charge in [-0.25, -0.2) is 4.79 Å². The molecule has 0 bridgehead atoms. The highest BCUT2D eigenvalue weighted by molar-refractivity contribution is 8.01. The van der Waals surface area contributed by atoms with E-state index in [1.807, 2.05) is 58.0 Å². The van der Waals surface area contributed by atoms with Crippen molar-refractivity contribution in [1.29, 1.82) is 0 Å². The second kappa shape index (κ2) is 39.3. The van der Waals surface area contributed by atoms with E-state index < -0.39 is 120 Å². The Morgan fingerprint density at radius 1 is 0.750 bits per heavy atom. The number of hydrogen-bond acceptors (Lipinski definition) is 15. The predicted octanol–water partition coefficient (Wildman–Crippen LogP) is 5.54. The first-order valence-electron chi connectivity index (χ1n) is 32.9. The van der Waals surface area contributed by atoms with E-state index in [9.17, 15) is 62.6 Å². The molecule has 92 heavy (non-hydrogen) atoms. The number of carbonyl (C=O) groups is 12. The predicted molar refractivity (Wildman–Crippen MR) is 351 cm³/mol. The number of likely N-dealkylation sites (tertiary alicyclic amines) is 2. The Balaban J connectivity index is 1.71. The molecule has 12 atom stereocenters. The van der Waals surface area contributed by atoms with Crippen molar-refractivity contribution in [3.63, 3.8) is 0 Å². The van der Waals surface area contributed by atoms with Gasteiger partial charge in [0.1, 0.15) is 17.9 Å². The summed E-state index contributed by atoms with van der Waals surface area (Å²) in [5.41, 5.74) is 6.07. The highest BCUT2D eigenvalue weighted by Gasteiger charge is 2.45. The van der Waals surface area contributed by atoms with Crippen LogP contribution in [-0.2, 0) is 68.6 Å². The zero-order valence-electron chi connectivity index (χ0n) is 57.3. The average Bonchev–Trinajstić information content (AvgIpc) is 1.37. The third-order valence-electron chi connectivity index (χ3n) is 17.9. The summed E-state index contributed by atoms with van der Waals surface area (Å²) in [4.78, 5) is 168. The van der Waals surface area contributed by atoms with E-state index in [2.05, 4.69) is 21.3 Å². The van der Waals surface area contributed by atoms with Gasteiger partial charge < -0.3 is 56.3 Å². The molecule has 7 N–H and O–H groups in total. The fraction of sp³-hybridized carbons (Fsp3) is 0.731. The number of ether oxygens (including phenoxy) is 2. The number of imide groups is 1. The number of unbranched alkanes of at least 4 members (excludes halogenated alkanes) is 2. The lowest BCUT2D eigenvalue weighted by Gasteiger charge is -2.41.